The molecule has 3 heteroatoms. The van der Waals surface area contributed by atoms with Gasteiger partial charge in [-0.15, -0.1) is 0 Å². The molecule has 0 amide bonds. The standard InChI is InChI=1S/C16H25N3/c1-13-4-2-9-18-16(13)12-19(15-6-7-15)11-14-5-3-8-17-10-14/h2,4,9,14-15,17H,3,5-8,10-12H2,1H3. The van der Waals surface area contributed by atoms with Crippen LogP contribution in [-0.4, -0.2) is 35.6 Å². The number of nitrogens with one attached hydrogen (secondary N) is 1. The molecule has 1 aliphatic heterocycles. The first kappa shape index (κ1) is 13.1. The maximum absolute atomic E-state index is 4.56. The Kier molecular flexibility index (Phi) is 4.14. The van der Waals surface area contributed by atoms with Gasteiger partial charge >= 0.3 is 0 Å². The molecule has 19 heavy (non-hydrogen) atoms. The molecule has 2 aliphatic rings. The lowest BCUT2D eigenvalue weighted by atomic mass is 9.99. The quantitative estimate of drug-likeness (QED) is 0.880. The van der Waals surface area contributed by atoms with E-state index in [1.165, 1.54) is 56.6 Å². The smallest absolute Gasteiger partial charge is 0.0573 e. The summed E-state index contributed by atoms with van der Waals surface area (Å²) in [6.45, 7) is 6.86. The molecule has 1 unspecified atom stereocenters. The van der Waals surface area contributed by atoms with E-state index < -0.39 is 0 Å². The van der Waals surface area contributed by atoms with Crippen molar-refractivity contribution in [3.63, 3.8) is 0 Å². The van der Waals surface area contributed by atoms with Crippen molar-refractivity contribution in [2.45, 2.75) is 45.2 Å². The summed E-state index contributed by atoms with van der Waals surface area (Å²) in [5, 5.41) is 3.53. The van der Waals surface area contributed by atoms with Gasteiger partial charge < -0.3 is 5.32 Å². The lowest BCUT2D eigenvalue weighted by Crippen LogP contribution is -2.39. The average molecular weight is 259 g/mol. The highest BCUT2D eigenvalue weighted by atomic mass is 15.2. The molecule has 1 aromatic heterocycles. The number of rotatable bonds is 5. The number of aryl methyl sites for hydroxylation is 1. The van der Waals surface area contributed by atoms with E-state index >= 15 is 0 Å². The molecule has 1 aromatic rings. The number of aromatic nitrogens is 1. The molecule has 2 heterocycles. The fourth-order valence-corrected chi connectivity index (χ4v) is 3.07. The van der Waals surface area contributed by atoms with Gasteiger partial charge in [-0.05, 0) is 63.2 Å². The Hall–Kier alpha value is -0.930. The third-order valence-electron chi connectivity index (χ3n) is 4.43. The Morgan fingerprint density at radius 1 is 1.37 bits per heavy atom. The molecule has 104 valence electrons. The molecule has 1 N–H and O–H groups in total. The molecule has 0 radical (unpaired) electrons. The van der Waals surface area contributed by atoms with Gasteiger partial charge in [0.15, 0.2) is 0 Å². The zero-order valence-corrected chi connectivity index (χ0v) is 11.9. The highest BCUT2D eigenvalue weighted by Gasteiger charge is 2.31. The third kappa shape index (κ3) is 3.54. The van der Waals surface area contributed by atoms with Crippen LogP contribution in [-0.2, 0) is 6.54 Å². The van der Waals surface area contributed by atoms with E-state index in [1.807, 2.05) is 12.3 Å². The second-order valence-electron chi connectivity index (χ2n) is 6.14. The lowest BCUT2D eigenvalue weighted by molar-refractivity contribution is 0.190. The van der Waals surface area contributed by atoms with E-state index in [4.69, 9.17) is 0 Å². The van der Waals surface area contributed by atoms with Crippen molar-refractivity contribution in [1.82, 2.24) is 15.2 Å². The van der Waals surface area contributed by atoms with Gasteiger partial charge in [0.25, 0.3) is 0 Å². The normalized spacial score (nSPS) is 23.8. The second-order valence-corrected chi connectivity index (χ2v) is 6.14. The van der Waals surface area contributed by atoms with Gasteiger partial charge in [-0.2, -0.15) is 0 Å². The van der Waals surface area contributed by atoms with Gasteiger partial charge in [-0.1, -0.05) is 6.07 Å². The van der Waals surface area contributed by atoms with E-state index in [1.54, 1.807) is 0 Å². The number of nitrogens with zero attached hydrogens (tertiary/aromatic N) is 2. The van der Waals surface area contributed by atoms with Crippen LogP contribution in [0.4, 0.5) is 0 Å². The van der Waals surface area contributed by atoms with E-state index in [0.717, 1.165) is 18.5 Å². The minimum Gasteiger partial charge on any atom is -0.316 e. The molecule has 1 atom stereocenters. The minimum atomic E-state index is 0.823. The highest BCUT2D eigenvalue weighted by molar-refractivity contribution is 5.17. The fourth-order valence-electron chi connectivity index (χ4n) is 3.07. The molecule has 3 nitrogen and oxygen atoms in total. The van der Waals surface area contributed by atoms with Crippen molar-refractivity contribution >= 4 is 0 Å². The number of pyridine rings is 1. The fraction of sp³-hybridized carbons (Fsp3) is 0.688. The van der Waals surface area contributed by atoms with E-state index in [2.05, 4.69) is 28.2 Å². The maximum atomic E-state index is 4.56. The van der Waals surface area contributed by atoms with Gasteiger partial charge in [0.2, 0.25) is 0 Å². The Labute approximate surface area is 116 Å². The highest BCUT2D eigenvalue weighted by Crippen LogP contribution is 2.30. The first-order valence-corrected chi connectivity index (χ1v) is 7.68. The summed E-state index contributed by atoms with van der Waals surface area (Å²) in [6, 6.07) is 5.03. The first-order valence-electron chi connectivity index (χ1n) is 7.68. The van der Waals surface area contributed by atoms with Crippen LogP contribution >= 0.6 is 0 Å². The predicted molar refractivity (Wildman–Crippen MR) is 78.0 cm³/mol. The SMILES string of the molecule is Cc1cccnc1CN(CC1CCCNC1)C1CC1. The van der Waals surface area contributed by atoms with Crippen LogP contribution in [0.25, 0.3) is 0 Å². The second kappa shape index (κ2) is 6.02. The lowest BCUT2D eigenvalue weighted by Gasteiger charge is -2.30. The maximum Gasteiger partial charge on any atom is 0.0573 e. The van der Waals surface area contributed by atoms with E-state index in [-0.39, 0.29) is 0 Å². The van der Waals surface area contributed by atoms with Gasteiger partial charge in [0.1, 0.15) is 0 Å². The number of hydrogen-bond acceptors (Lipinski definition) is 3. The molecule has 1 aliphatic carbocycles. The van der Waals surface area contributed by atoms with Gasteiger partial charge in [-0.3, -0.25) is 9.88 Å². The first-order chi connectivity index (χ1) is 9.33. The van der Waals surface area contributed by atoms with Crippen molar-refractivity contribution in [3.05, 3.63) is 29.6 Å². The molecular formula is C16H25N3. The molecule has 0 spiro atoms. The van der Waals surface area contributed by atoms with E-state index in [9.17, 15) is 0 Å². The molecule has 0 bridgehead atoms. The van der Waals surface area contributed by atoms with Gasteiger partial charge in [0.05, 0.1) is 5.69 Å². The Morgan fingerprint density at radius 3 is 2.95 bits per heavy atom. The van der Waals surface area contributed by atoms with E-state index in [0.29, 0.717) is 0 Å². The van der Waals surface area contributed by atoms with Crippen LogP contribution in [0.1, 0.15) is 36.9 Å². The minimum absolute atomic E-state index is 0.823. The van der Waals surface area contributed by atoms with Crippen LogP contribution < -0.4 is 5.32 Å². The van der Waals surface area contributed by atoms with Crippen LogP contribution in [0.3, 0.4) is 0 Å². The zero-order chi connectivity index (χ0) is 13.1. The Balaban J connectivity index is 1.62. The topological polar surface area (TPSA) is 28.2 Å². The third-order valence-corrected chi connectivity index (χ3v) is 4.43. The van der Waals surface area contributed by atoms with Crippen molar-refractivity contribution in [2.75, 3.05) is 19.6 Å². The summed E-state index contributed by atoms with van der Waals surface area (Å²) in [5.74, 6) is 0.832. The molecule has 3 rings (SSSR count). The molecule has 1 saturated heterocycles. The van der Waals surface area contributed by atoms with Crippen molar-refractivity contribution in [1.29, 1.82) is 0 Å². The summed E-state index contributed by atoms with van der Waals surface area (Å²) in [6.07, 6.45) is 7.41. The predicted octanol–water partition coefficient (Wildman–Crippen LogP) is 2.35. The summed E-state index contributed by atoms with van der Waals surface area (Å²) >= 11 is 0. The van der Waals surface area contributed by atoms with Crippen molar-refractivity contribution < 1.29 is 0 Å². The summed E-state index contributed by atoms with van der Waals surface area (Å²) in [4.78, 5) is 7.24. The largest absolute Gasteiger partial charge is 0.316 e. The van der Waals surface area contributed by atoms with Crippen LogP contribution in [0.5, 0.6) is 0 Å². The number of hydrogen-bond donors (Lipinski definition) is 1. The van der Waals surface area contributed by atoms with Crippen LogP contribution in [0.15, 0.2) is 18.3 Å². The van der Waals surface area contributed by atoms with Crippen molar-refractivity contribution in [3.8, 4) is 0 Å². The Morgan fingerprint density at radius 2 is 2.26 bits per heavy atom. The van der Waals surface area contributed by atoms with Gasteiger partial charge in [0, 0.05) is 25.3 Å². The molecule has 0 aromatic carbocycles. The van der Waals surface area contributed by atoms with Crippen LogP contribution in [0.2, 0.25) is 0 Å². The summed E-state index contributed by atoms with van der Waals surface area (Å²) in [7, 11) is 0. The molecule has 1 saturated carbocycles. The van der Waals surface area contributed by atoms with Gasteiger partial charge in [-0.25, -0.2) is 0 Å². The van der Waals surface area contributed by atoms with Crippen LogP contribution in [0, 0.1) is 12.8 Å². The molecule has 2 fully saturated rings. The summed E-state index contributed by atoms with van der Waals surface area (Å²) in [5.41, 5.74) is 2.59. The zero-order valence-electron chi connectivity index (χ0n) is 11.9. The molecular weight excluding hydrogens is 234 g/mol. The summed E-state index contributed by atoms with van der Waals surface area (Å²) < 4.78 is 0. The average Bonchev–Trinajstić information content (AvgIpc) is 3.26. The Bertz CT molecular complexity index is 408. The monoisotopic (exact) mass is 259 g/mol. The number of piperidine rings is 1. The van der Waals surface area contributed by atoms with Crippen molar-refractivity contribution in [2.24, 2.45) is 5.92 Å².